The van der Waals surface area contributed by atoms with Gasteiger partial charge in [0.15, 0.2) is 0 Å². The minimum atomic E-state index is -3.31. The van der Waals surface area contributed by atoms with E-state index in [9.17, 15) is 18.0 Å². The summed E-state index contributed by atoms with van der Waals surface area (Å²) in [6, 6.07) is 10.9. The van der Waals surface area contributed by atoms with Crippen LogP contribution in [0.2, 0.25) is 5.02 Å². The molecule has 154 valence electrons. The summed E-state index contributed by atoms with van der Waals surface area (Å²) in [6.07, 6.45) is 1.10. The summed E-state index contributed by atoms with van der Waals surface area (Å²) >= 11 is 6.10. The second kappa shape index (κ2) is 8.42. The maximum absolute atomic E-state index is 13.0. The molecule has 0 saturated heterocycles. The standard InChI is InChI=1S/C20H21ClN2O5S/c1-28-18-8-7-14(11-16(18)21)22-19(24)17(9-10-29(2,26)27)23-12-13-5-3-4-6-15(13)20(23)25/h3-8,11,17H,9-10,12H2,1-2H3,(H,22,24)/t17-/m0/s1. The van der Waals surface area contributed by atoms with Gasteiger partial charge in [0, 0.05) is 24.1 Å². The summed E-state index contributed by atoms with van der Waals surface area (Å²) in [5, 5.41) is 3.05. The van der Waals surface area contributed by atoms with Crippen molar-refractivity contribution in [2.75, 3.05) is 24.4 Å². The number of sulfone groups is 1. The molecule has 9 heteroatoms. The smallest absolute Gasteiger partial charge is 0.255 e. The molecule has 7 nitrogen and oxygen atoms in total. The fraction of sp³-hybridized carbons (Fsp3) is 0.300. The Morgan fingerprint density at radius 3 is 2.62 bits per heavy atom. The van der Waals surface area contributed by atoms with E-state index in [1.54, 1.807) is 24.3 Å². The van der Waals surface area contributed by atoms with Gasteiger partial charge in [-0.05, 0) is 36.2 Å². The van der Waals surface area contributed by atoms with Gasteiger partial charge in [0.25, 0.3) is 5.91 Å². The van der Waals surface area contributed by atoms with E-state index in [4.69, 9.17) is 16.3 Å². The summed E-state index contributed by atoms with van der Waals surface area (Å²) < 4.78 is 28.5. The monoisotopic (exact) mass is 436 g/mol. The van der Waals surface area contributed by atoms with Crippen LogP contribution in [0.4, 0.5) is 5.69 Å². The summed E-state index contributed by atoms with van der Waals surface area (Å²) in [7, 11) is -1.83. The van der Waals surface area contributed by atoms with Gasteiger partial charge in [0.2, 0.25) is 5.91 Å². The van der Waals surface area contributed by atoms with Crippen LogP contribution in [0.3, 0.4) is 0 Å². The molecule has 0 unspecified atom stereocenters. The number of fused-ring (bicyclic) bond motifs is 1. The van der Waals surface area contributed by atoms with Crippen LogP contribution >= 0.6 is 11.6 Å². The third-order valence-corrected chi connectivity index (χ3v) is 5.98. The average Bonchev–Trinajstić information content (AvgIpc) is 2.98. The van der Waals surface area contributed by atoms with Crippen molar-refractivity contribution >= 4 is 38.9 Å². The summed E-state index contributed by atoms with van der Waals surface area (Å²) in [5.74, 6) is -0.518. The van der Waals surface area contributed by atoms with Crippen molar-refractivity contribution in [3.05, 3.63) is 58.6 Å². The van der Waals surface area contributed by atoms with E-state index < -0.39 is 21.8 Å². The molecule has 3 rings (SSSR count). The fourth-order valence-corrected chi connectivity index (χ4v) is 4.16. The van der Waals surface area contributed by atoms with Crippen molar-refractivity contribution < 1.29 is 22.7 Å². The first-order valence-corrected chi connectivity index (χ1v) is 11.3. The highest BCUT2D eigenvalue weighted by Gasteiger charge is 2.36. The van der Waals surface area contributed by atoms with E-state index in [1.165, 1.54) is 18.1 Å². The van der Waals surface area contributed by atoms with E-state index in [1.807, 2.05) is 12.1 Å². The van der Waals surface area contributed by atoms with Gasteiger partial charge in [-0.25, -0.2) is 8.42 Å². The zero-order valence-electron chi connectivity index (χ0n) is 16.0. The van der Waals surface area contributed by atoms with Crippen molar-refractivity contribution in [2.24, 2.45) is 0 Å². The molecule has 1 aliphatic rings. The number of nitrogens with one attached hydrogen (secondary N) is 1. The number of anilines is 1. The lowest BCUT2D eigenvalue weighted by Gasteiger charge is -2.27. The first-order chi connectivity index (χ1) is 13.7. The van der Waals surface area contributed by atoms with Gasteiger partial charge >= 0.3 is 0 Å². The Morgan fingerprint density at radius 1 is 1.28 bits per heavy atom. The second-order valence-electron chi connectivity index (χ2n) is 6.86. The highest BCUT2D eigenvalue weighted by molar-refractivity contribution is 7.90. The number of hydrogen-bond acceptors (Lipinski definition) is 5. The fourth-order valence-electron chi connectivity index (χ4n) is 3.25. The van der Waals surface area contributed by atoms with Crippen molar-refractivity contribution in [1.82, 2.24) is 4.90 Å². The SMILES string of the molecule is COc1ccc(NC(=O)[C@H](CCS(C)(=O)=O)N2Cc3ccccc3C2=O)cc1Cl. The number of nitrogens with zero attached hydrogens (tertiary/aromatic N) is 1. The van der Waals surface area contributed by atoms with Gasteiger partial charge in [0.1, 0.15) is 21.6 Å². The molecule has 0 aliphatic carbocycles. The zero-order chi connectivity index (χ0) is 21.2. The number of carbonyl (C=O) groups is 2. The van der Waals surface area contributed by atoms with Gasteiger partial charge < -0.3 is 15.0 Å². The van der Waals surface area contributed by atoms with Crippen LogP contribution in [-0.2, 0) is 21.2 Å². The molecular weight excluding hydrogens is 416 g/mol. The summed E-state index contributed by atoms with van der Waals surface area (Å²) in [6.45, 7) is 0.250. The molecule has 1 N–H and O–H groups in total. The number of rotatable bonds is 7. The Labute approximate surface area is 174 Å². The van der Waals surface area contributed by atoms with E-state index in [0.717, 1.165) is 11.8 Å². The third-order valence-electron chi connectivity index (χ3n) is 4.71. The normalized spacial score (nSPS) is 14.4. The summed E-state index contributed by atoms with van der Waals surface area (Å²) in [5.41, 5.74) is 1.76. The number of halogens is 1. The molecule has 1 atom stereocenters. The average molecular weight is 437 g/mol. The second-order valence-corrected chi connectivity index (χ2v) is 9.53. The molecule has 29 heavy (non-hydrogen) atoms. The van der Waals surface area contributed by atoms with Gasteiger partial charge in [-0.2, -0.15) is 0 Å². The van der Waals surface area contributed by atoms with Crippen LogP contribution in [0, 0.1) is 0 Å². The third kappa shape index (κ3) is 4.89. The maximum atomic E-state index is 13.0. The van der Waals surface area contributed by atoms with Crippen LogP contribution in [0.5, 0.6) is 5.75 Å². The largest absolute Gasteiger partial charge is 0.495 e. The minimum Gasteiger partial charge on any atom is -0.495 e. The van der Waals surface area contributed by atoms with Crippen LogP contribution in [0.15, 0.2) is 42.5 Å². The molecule has 0 bridgehead atoms. The van der Waals surface area contributed by atoms with Crippen LogP contribution in [0.25, 0.3) is 0 Å². The quantitative estimate of drug-likeness (QED) is 0.720. The number of hydrogen-bond donors (Lipinski definition) is 1. The lowest BCUT2D eigenvalue weighted by Crippen LogP contribution is -2.45. The molecule has 1 aliphatic heterocycles. The van der Waals surface area contributed by atoms with Crippen molar-refractivity contribution in [3.63, 3.8) is 0 Å². The summed E-state index contributed by atoms with van der Waals surface area (Å²) in [4.78, 5) is 27.2. The predicted molar refractivity (Wildman–Crippen MR) is 111 cm³/mol. The Kier molecular flexibility index (Phi) is 6.14. The molecular formula is C20H21ClN2O5S. The van der Waals surface area contributed by atoms with E-state index in [0.29, 0.717) is 22.0 Å². The van der Waals surface area contributed by atoms with Crippen LogP contribution < -0.4 is 10.1 Å². The van der Waals surface area contributed by atoms with Crippen LogP contribution in [0.1, 0.15) is 22.3 Å². The Morgan fingerprint density at radius 2 is 2.00 bits per heavy atom. The number of methoxy groups -OCH3 is 1. The van der Waals surface area contributed by atoms with Gasteiger partial charge in [-0.1, -0.05) is 29.8 Å². The van der Waals surface area contributed by atoms with Crippen molar-refractivity contribution in [1.29, 1.82) is 0 Å². The van der Waals surface area contributed by atoms with Crippen molar-refractivity contribution in [2.45, 2.75) is 19.0 Å². The molecule has 1 heterocycles. The highest BCUT2D eigenvalue weighted by atomic mass is 35.5. The molecule has 0 fully saturated rings. The molecule has 0 spiro atoms. The van der Waals surface area contributed by atoms with Gasteiger partial charge in [0.05, 0.1) is 17.9 Å². The molecule has 2 aromatic rings. The number of ether oxygens (including phenoxy) is 1. The Hall–Kier alpha value is -2.58. The Balaban J connectivity index is 1.84. The van der Waals surface area contributed by atoms with Crippen molar-refractivity contribution in [3.8, 4) is 5.75 Å². The maximum Gasteiger partial charge on any atom is 0.255 e. The minimum absolute atomic E-state index is 0.00567. The molecule has 0 saturated carbocycles. The molecule has 2 amide bonds. The van der Waals surface area contributed by atoms with Gasteiger partial charge in [-0.3, -0.25) is 9.59 Å². The lowest BCUT2D eigenvalue weighted by molar-refractivity contribution is -0.120. The topological polar surface area (TPSA) is 92.8 Å². The van der Waals surface area contributed by atoms with E-state index >= 15 is 0 Å². The molecule has 0 radical (unpaired) electrons. The van der Waals surface area contributed by atoms with E-state index in [2.05, 4.69) is 5.32 Å². The Bertz CT molecular complexity index is 1050. The zero-order valence-corrected chi connectivity index (χ0v) is 17.6. The first-order valence-electron chi connectivity index (χ1n) is 8.90. The van der Waals surface area contributed by atoms with Crippen LogP contribution in [-0.4, -0.2) is 50.3 Å². The van der Waals surface area contributed by atoms with Gasteiger partial charge in [-0.15, -0.1) is 0 Å². The van der Waals surface area contributed by atoms with E-state index in [-0.39, 0.29) is 24.6 Å². The molecule has 0 aromatic heterocycles. The number of carbonyl (C=O) groups excluding carboxylic acids is 2. The lowest BCUT2D eigenvalue weighted by atomic mass is 10.1. The molecule has 2 aromatic carbocycles. The highest BCUT2D eigenvalue weighted by Crippen LogP contribution is 2.29. The number of benzene rings is 2. The number of amides is 2. The first kappa shape index (κ1) is 21.1. The predicted octanol–water partition coefficient (Wildman–Crippen LogP) is 2.75.